The molecule has 0 aromatic carbocycles. The highest BCUT2D eigenvalue weighted by Crippen LogP contribution is 2.29. The van der Waals surface area contributed by atoms with Crippen LogP contribution in [0, 0.1) is 5.92 Å². The van der Waals surface area contributed by atoms with E-state index >= 15 is 0 Å². The smallest absolute Gasteiger partial charge is 0.348 e. The lowest BCUT2D eigenvalue weighted by atomic mass is 9.98. The number of rotatable bonds is 6. The van der Waals surface area contributed by atoms with E-state index < -0.39 is 0 Å². The van der Waals surface area contributed by atoms with Gasteiger partial charge in [0.25, 0.3) is 0 Å². The Bertz CT molecular complexity index is 462. The van der Waals surface area contributed by atoms with Crippen molar-refractivity contribution in [3.63, 3.8) is 0 Å². The first-order chi connectivity index (χ1) is 9.24. The minimum atomic E-state index is -0.255. The Balaban J connectivity index is 1.80. The van der Waals surface area contributed by atoms with Gasteiger partial charge in [0.15, 0.2) is 0 Å². The first-order valence-electron chi connectivity index (χ1n) is 6.71. The number of carbonyl (C=O) groups is 1. The fraction of sp³-hybridized carbons (Fsp3) is 0.533. The summed E-state index contributed by atoms with van der Waals surface area (Å²) in [4.78, 5) is 13.2. The van der Waals surface area contributed by atoms with Gasteiger partial charge in [0, 0.05) is 17.4 Å². The highest BCUT2D eigenvalue weighted by molar-refractivity contribution is 7.13. The number of aliphatic hydroxyl groups excluding tert-OH is 1. The Labute approximate surface area is 117 Å². The van der Waals surface area contributed by atoms with Crippen LogP contribution in [0.3, 0.4) is 0 Å². The van der Waals surface area contributed by atoms with Crippen molar-refractivity contribution in [3.05, 3.63) is 33.5 Å². The average Bonchev–Trinajstić information content (AvgIpc) is 3.06. The van der Waals surface area contributed by atoms with Crippen molar-refractivity contribution in [2.75, 3.05) is 13.7 Å². The van der Waals surface area contributed by atoms with Gasteiger partial charge in [0.05, 0.1) is 7.11 Å². The Kier molecular flexibility index (Phi) is 5.16. The summed E-state index contributed by atoms with van der Waals surface area (Å²) in [7, 11) is 1.41. The topological polar surface area (TPSA) is 46.5 Å². The maximum absolute atomic E-state index is 11.3. The maximum atomic E-state index is 11.3. The molecule has 3 nitrogen and oxygen atoms in total. The second kappa shape index (κ2) is 6.87. The number of aryl methyl sites for hydroxylation is 1. The molecular weight excluding hydrogens is 260 g/mol. The van der Waals surface area contributed by atoms with Gasteiger partial charge in [0.1, 0.15) is 4.88 Å². The van der Waals surface area contributed by atoms with E-state index in [-0.39, 0.29) is 12.6 Å². The van der Waals surface area contributed by atoms with Gasteiger partial charge in [-0.05, 0) is 44.2 Å². The van der Waals surface area contributed by atoms with Crippen LogP contribution in [0.1, 0.15) is 40.2 Å². The van der Waals surface area contributed by atoms with Crippen molar-refractivity contribution in [1.82, 2.24) is 0 Å². The molecule has 0 fully saturated rings. The maximum Gasteiger partial charge on any atom is 0.348 e. The van der Waals surface area contributed by atoms with Crippen LogP contribution >= 0.6 is 11.3 Å². The molecule has 1 heterocycles. The van der Waals surface area contributed by atoms with Gasteiger partial charge in [-0.25, -0.2) is 4.79 Å². The predicted molar refractivity (Wildman–Crippen MR) is 76.5 cm³/mol. The number of methoxy groups -OCH3 is 1. The lowest BCUT2D eigenvalue weighted by molar-refractivity contribution is 0.0606. The van der Waals surface area contributed by atoms with Crippen LogP contribution in [0.5, 0.6) is 0 Å². The van der Waals surface area contributed by atoms with E-state index in [2.05, 4.69) is 6.08 Å². The molecule has 2 rings (SSSR count). The molecule has 1 N–H and O–H groups in total. The van der Waals surface area contributed by atoms with Gasteiger partial charge in [-0.3, -0.25) is 0 Å². The molecule has 0 saturated heterocycles. The van der Waals surface area contributed by atoms with Crippen LogP contribution < -0.4 is 0 Å². The molecule has 19 heavy (non-hydrogen) atoms. The summed E-state index contributed by atoms with van der Waals surface area (Å²) in [6.07, 6.45) is 7.58. The predicted octanol–water partition coefficient (Wildman–Crippen LogP) is 3.19. The van der Waals surface area contributed by atoms with Gasteiger partial charge < -0.3 is 9.84 Å². The Morgan fingerprint density at radius 2 is 2.32 bits per heavy atom. The van der Waals surface area contributed by atoms with Crippen LogP contribution in [0.4, 0.5) is 0 Å². The Morgan fingerprint density at radius 1 is 1.47 bits per heavy atom. The van der Waals surface area contributed by atoms with Crippen LogP contribution in [0.25, 0.3) is 0 Å². The summed E-state index contributed by atoms with van der Waals surface area (Å²) in [6, 6.07) is 3.83. The molecule has 0 saturated carbocycles. The third kappa shape index (κ3) is 3.67. The summed E-state index contributed by atoms with van der Waals surface area (Å²) < 4.78 is 4.70. The summed E-state index contributed by atoms with van der Waals surface area (Å²) in [5.41, 5.74) is 1.41. The van der Waals surface area contributed by atoms with Crippen molar-refractivity contribution in [1.29, 1.82) is 0 Å². The highest BCUT2D eigenvalue weighted by atomic mass is 32.1. The highest BCUT2D eigenvalue weighted by Gasteiger charge is 2.17. The normalized spacial score (nSPS) is 18.4. The number of esters is 1. The van der Waals surface area contributed by atoms with E-state index in [1.807, 2.05) is 12.1 Å². The number of aliphatic hydroxyl groups is 1. The van der Waals surface area contributed by atoms with Crippen LogP contribution in [-0.4, -0.2) is 24.8 Å². The third-order valence-corrected chi connectivity index (χ3v) is 4.73. The lowest BCUT2D eigenvalue weighted by Gasteiger charge is -2.11. The number of carbonyl (C=O) groups excluding carboxylic acids is 1. The lowest BCUT2D eigenvalue weighted by Crippen LogP contribution is -2.04. The zero-order chi connectivity index (χ0) is 13.7. The molecule has 1 atom stereocenters. The fourth-order valence-electron chi connectivity index (χ4n) is 2.53. The zero-order valence-electron chi connectivity index (χ0n) is 11.2. The van der Waals surface area contributed by atoms with Crippen molar-refractivity contribution in [2.45, 2.75) is 32.1 Å². The monoisotopic (exact) mass is 280 g/mol. The number of hydrogen-bond donors (Lipinski definition) is 1. The molecule has 0 spiro atoms. The minimum absolute atomic E-state index is 0.255. The number of thiophene rings is 1. The van der Waals surface area contributed by atoms with E-state index in [0.717, 1.165) is 32.1 Å². The Morgan fingerprint density at radius 3 is 3.05 bits per heavy atom. The molecule has 1 aliphatic rings. The standard InChI is InChI=1S/C15H20O3S/c1-18-15(17)14-9-8-13(19-14)7-3-5-11-4-2-6-12(11)10-16/h4,8-9,12,16H,2-3,5-7,10H2,1H3/t12-/m1/s1. The van der Waals surface area contributed by atoms with Crippen LogP contribution in [-0.2, 0) is 11.2 Å². The second-order valence-corrected chi connectivity index (χ2v) is 6.02. The summed E-state index contributed by atoms with van der Waals surface area (Å²) in [5, 5.41) is 9.25. The third-order valence-electron chi connectivity index (χ3n) is 3.60. The first-order valence-corrected chi connectivity index (χ1v) is 7.53. The van der Waals surface area contributed by atoms with Crippen molar-refractivity contribution in [2.24, 2.45) is 5.92 Å². The second-order valence-electron chi connectivity index (χ2n) is 4.85. The van der Waals surface area contributed by atoms with E-state index in [4.69, 9.17) is 4.74 Å². The molecule has 0 bridgehead atoms. The summed E-state index contributed by atoms with van der Waals surface area (Å²) in [5.74, 6) is 0.129. The quantitative estimate of drug-likeness (QED) is 0.643. The van der Waals surface area contributed by atoms with Gasteiger partial charge >= 0.3 is 5.97 Å². The van der Waals surface area contributed by atoms with E-state index in [1.54, 1.807) is 0 Å². The van der Waals surface area contributed by atoms with Crippen molar-refractivity contribution in [3.8, 4) is 0 Å². The van der Waals surface area contributed by atoms with Crippen molar-refractivity contribution < 1.29 is 14.6 Å². The van der Waals surface area contributed by atoms with Crippen LogP contribution in [0.2, 0.25) is 0 Å². The minimum Gasteiger partial charge on any atom is -0.465 e. The molecule has 104 valence electrons. The van der Waals surface area contributed by atoms with Crippen molar-refractivity contribution >= 4 is 17.3 Å². The molecule has 0 aliphatic heterocycles. The average molecular weight is 280 g/mol. The molecule has 0 amide bonds. The fourth-order valence-corrected chi connectivity index (χ4v) is 3.49. The zero-order valence-corrected chi connectivity index (χ0v) is 12.0. The van der Waals surface area contributed by atoms with E-state index in [1.165, 1.54) is 28.9 Å². The van der Waals surface area contributed by atoms with Gasteiger partial charge in [0.2, 0.25) is 0 Å². The van der Waals surface area contributed by atoms with E-state index in [9.17, 15) is 9.90 Å². The molecule has 0 radical (unpaired) electrons. The SMILES string of the molecule is COC(=O)c1ccc(CCCC2=CCC[C@@H]2CO)s1. The number of hydrogen-bond acceptors (Lipinski definition) is 4. The van der Waals surface area contributed by atoms with Crippen LogP contribution in [0.15, 0.2) is 23.8 Å². The molecule has 1 aromatic heterocycles. The molecular formula is C15H20O3S. The molecule has 4 heteroatoms. The largest absolute Gasteiger partial charge is 0.465 e. The van der Waals surface area contributed by atoms with Gasteiger partial charge in [-0.15, -0.1) is 11.3 Å². The van der Waals surface area contributed by atoms with Gasteiger partial charge in [-0.1, -0.05) is 11.6 Å². The summed E-state index contributed by atoms with van der Waals surface area (Å²) >= 11 is 1.51. The number of ether oxygens (including phenoxy) is 1. The summed E-state index contributed by atoms with van der Waals surface area (Å²) in [6.45, 7) is 0.275. The molecule has 0 unspecified atom stereocenters. The van der Waals surface area contributed by atoms with E-state index in [0.29, 0.717) is 10.8 Å². The first kappa shape index (κ1) is 14.3. The molecule has 1 aromatic rings. The number of allylic oxidation sites excluding steroid dienone is 1. The molecule has 1 aliphatic carbocycles. The Hall–Kier alpha value is -1.13. The van der Waals surface area contributed by atoms with Gasteiger partial charge in [-0.2, -0.15) is 0 Å².